The first-order valence-corrected chi connectivity index (χ1v) is 8.58. The molecule has 4 unspecified atom stereocenters. The van der Waals surface area contributed by atoms with Gasteiger partial charge in [-0.3, -0.25) is 15.5 Å². The highest BCUT2D eigenvalue weighted by Gasteiger charge is 2.32. The summed E-state index contributed by atoms with van der Waals surface area (Å²) < 4.78 is 0. The monoisotopic (exact) mass is 297 g/mol. The van der Waals surface area contributed by atoms with Gasteiger partial charge in [0.15, 0.2) is 0 Å². The number of hydrogen-bond acceptors (Lipinski definition) is 6. The van der Waals surface area contributed by atoms with E-state index in [4.69, 9.17) is 4.84 Å². The van der Waals surface area contributed by atoms with E-state index < -0.39 is 0 Å². The molecule has 1 saturated carbocycles. The number of hydrogen-bond donors (Lipinski definition) is 5. The molecule has 2 aliphatic heterocycles. The van der Waals surface area contributed by atoms with E-state index in [0.29, 0.717) is 24.3 Å². The van der Waals surface area contributed by atoms with E-state index in [0.717, 1.165) is 19.1 Å². The fourth-order valence-corrected chi connectivity index (χ4v) is 3.80. The average Bonchev–Trinajstić information content (AvgIpc) is 2.92. The quantitative estimate of drug-likeness (QED) is 0.519. The Morgan fingerprint density at radius 1 is 1.10 bits per heavy atom. The van der Waals surface area contributed by atoms with Gasteiger partial charge in [0.2, 0.25) is 0 Å². The van der Waals surface area contributed by atoms with Crippen molar-refractivity contribution < 1.29 is 4.84 Å². The highest BCUT2D eigenvalue weighted by molar-refractivity contribution is 4.83. The molecule has 2 saturated heterocycles. The van der Waals surface area contributed by atoms with Gasteiger partial charge >= 0.3 is 0 Å². The minimum atomic E-state index is 0.141. The van der Waals surface area contributed by atoms with Crippen molar-refractivity contribution in [2.24, 2.45) is 11.8 Å². The number of nitrogens with one attached hydrogen (secondary N) is 5. The van der Waals surface area contributed by atoms with Crippen molar-refractivity contribution in [3.8, 4) is 0 Å². The molecule has 5 N–H and O–H groups in total. The van der Waals surface area contributed by atoms with E-state index in [9.17, 15) is 0 Å². The van der Waals surface area contributed by atoms with Gasteiger partial charge in [0.05, 0.1) is 12.3 Å². The van der Waals surface area contributed by atoms with Crippen LogP contribution < -0.4 is 26.7 Å². The minimum Gasteiger partial charge on any atom is -0.302 e. The van der Waals surface area contributed by atoms with Crippen molar-refractivity contribution in [3.63, 3.8) is 0 Å². The van der Waals surface area contributed by atoms with Gasteiger partial charge in [0.1, 0.15) is 6.23 Å². The molecule has 0 aromatic heterocycles. The molecule has 0 amide bonds. The molecule has 0 aromatic rings. The van der Waals surface area contributed by atoms with E-state index in [-0.39, 0.29) is 6.23 Å². The highest BCUT2D eigenvalue weighted by Crippen LogP contribution is 2.31. The normalized spacial score (nSPS) is 44.9. The smallest absolute Gasteiger partial charge is 0.128 e. The predicted octanol–water partition coefficient (Wildman–Crippen LogP) is 0.434. The summed E-state index contributed by atoms with van der Waals surface area (Å²) in [6, 6.07) is 0.612. The van der Waals surface area contributed by atoms with Crippen LogP contribution in [0.25, 0.3) is 0 Å². The Morgan fingerprint density at radius 3 is 2.57 bits per heavy atom. The summed E-state index contributed by atoms with van der Waals surface area (Å²) >= 11 is 0. The minimum absolute atomic E-state index is 0.141. The summed E-state index contributed by atoms with van der Waals surface area (Å²) in [4.78, 5) is 5.39. The fraction of sp³-hybridized carbons (Fsp3) is 1.00. The molecule has 6 nitrogen and oxygen atoms in total. The average molecular weight is 297 g/mol. The van der Waals surface area contributed by atoms with Gasteiger partial charge in [-0.15, -0.1) is 0 Å². The first-order chi connectivity index (χ1) is 10.2. The molecule has 1 aliphatic carbocycles. The second-order valence-electron chi connectivity index (χ2n) is 6.99. The molecular weight excluding hydrogens is 266 g/mol. The third kappa shape index (κ3) is 4.37. The molecule has 0 aromatic carbocycles. The van der Waals surface area contributed by atoms with E-state index >= 15 is 0 Å². The van der Waals surface area contributed by atoms with Gasteiger partial charge in [-0.25, -0.2) is 0 Å². The van der Waals surface area contributed by atoms with Crippen LogP contribution in [0, 0.1) is 11.8 Å². The van der Waals surface area contributed by atoms with Gasteiger partial charge in [0.25, 0.3) is 0 Å². The number of hydroxylamine groups is 1. The number of rotatable bonds is 4. The Hall–Kier alpha value is -0.240. The first kappa shape index (κ1) is 15.6. The summed E-state index contributed by atoms with van der Waals surface area (Å²) in [7, 11) is 0. The second kappa shape index (κ2) is 7.35. The van der Waals surface area contributed by atoms with Crippen molar-refractivity contribution in [3.05, 3.63) is 0 Å². The SMILES string of the molecule is CC1CC(NCC2CCC(C3NOC(C)N3)CC2)NCN1. The molecule has 122 valence electrons. The summed E-state index contributed by atoms with van der Waals surface area (Å²) in [5.74, 6) is 1.54. The van der Waals surface area contributed by atoms with E-state index in [1.165, 1.54) is 32.1 Å². The lowest BCUT2D eigenvalue weighted by atomic mass is 9.80. The van der Waals surface area contributed by atoms with Crippen LogP contribution in [0.5, 0.6) is 0 Å². The Labute approximate surface area is 128 Å². The van der Waals surface area contributed by atoms with Crippen LogP contribution in [0.4, 0.5) is 0 Å². The first-order valence-electron chi connectivity index (χ1n) is 8.58. The van der Waals surface area contributed by atoms with E-state index in [2.05, 4.69) is 40.6 Å². The summed E-state index contributed by atoms with van der Waals surface area (Å²) in [6.45, 7) is 6.37. The summed E-state index contributed by atoms with van der Waals surface area (Å²) in [5, 5.41) is 14.1. The maximum atomic E-state index is 5.39. The van der Waals surface area contributed by atoms with Crippen LogP contribution in [0.1, 0.15) is 46.0 Å². The highest BCUT2D eigenvalue weighted by atomic mass is 16.7. The summed E-state index contributed by atoms with van der Waals surface area (Å²) in [6.07, 6.45) is 7.38. The molecule has 2 heterocycles. The van der Waals surface area contributed by atoms with Crippen LogP contribution in [0.2, 0.25) is 0 Å². The lowest BCUT2D eigenvalue weighted by Crippen LogP contribution is -2.56. The second-order valence-corrected chi connectivity index (χ2v) is 6.99. The summed E-state index contributed by atoms with van der Waals surface area (Å²) in [5.41, 5.74) is 3.14. The molecule has 3 fully saturated rings. The van der Waals surface area contributed by atoms with Crippen LogP contribution in [0.3, 0.4) is 0 Å². The molecule has 4 atom stereocenters. The zero-order chi connectivity index (χ0) is 14.7. The van der Waals surface area contributed by atoms with Crippen LogP contribution in [-0.2, 0) is 4.84 Å². The zero-order valence-electron chi connectivity index (χ0n) is 13.3. The topological polar surface area (TPSA) is 69.4 Å². The molecule has 3 rings (SSSR count). The molecule has 0 bridgehead atoms. The molecule has 21 heavy (non-hydrogen) atoms. The zero-order valence-corrected chi connectivity index (χ0v) is 13.3. The lowest BCUT2D eigenvalue weighted by Gasteiger charge is -2.34. The van der Waals surface area contributed by atoms with Gasteiger partial charge in [0, 0.05) is 12.7 Å². The van der Waals surface area contributed by atoms with Crippen molar-refractivity contribution in [2.75, 3.05) is 13.2 Å². The predicted molar refractivity (Wildman–Crippen MR) is 83.1 cm³/mol. The Bertz CT molecular complexity index is 321. The molecule has 0 radical (unpaired) electrons. The van der Waals surface area contributed by atoms with E-state index in [1.54, 1.807) is 0 Å². The van der Waals surface area contributed by atoms with Crippen molar-refractivity contribution >= 4 is 0 Å². The Kier molecular flexibility index (Phi) is 5.48. The van der Waals surface area contributed by atoms with Crippen molar-refractivity contribution in [1.82, 2.24) is 26.7 Å². The Morgan fingerprint density at radius 2 is 1.90 bits per heavy atom. The lowest BCUT2D eigenvalue weighted by molar-refractivity contribution is 0.0251. The standard InChI is InChI=1S/C15H31N5O/c1-10-7-14(18-9-17-10)16-8-12-3-5-13(6-4-12)15-19-11(2)21-20-15/h10-20H,3-9H2,1-2H3. The molecular formula is C15H31N5O. The maximum absolute atomic E-state index is 5.39. The largest absolute Gasteiger partial charge is 0.302 e. The van der Waals surface area contributed by atoms with Crippen LogP contribution in [0.15, 0.2) is 0 Å². The van der Waals surface area contributed by atoms with Gasteiger partial charge in [-0.05, 0) is 64.3 Å². The fourth-order valence-electron chi connectivity index (χ4n) is 3.80. The molecule has 6 heteroatoms. The maximum Gasteiger partial charge on any atom is 0.128 e. The third-order valence-electron chi connectivity index (χ3n) is 5.19. The van der Waals surface area contributed by atoms with Gasteiger partial charge < -0.3 is 10.6 Å². The van der Waals surface area contributed by atoms with Gasteiger partial charge in [-0.2, -0.15) is 5.48 Å². The van der Waals surface area contributed by atoms with Crippen LogP contribution >= 0.6 is 0 Å². The molecule has 3 aliphatic rings. The molecule has 0 spiro atoms. The van der Waals surface area contributed by atoms with Gasteiger partial charge in [-0.1, -0.05) is 0 Å². The van der Waals surface area contributed by atoms with Crippen molar-refractivity contribution in [1.29, 1.82) is 0 Å². The third-order valence-corrected chi connectivity index (χ3v) is 5.19. The Balaban J connectivity index is 1.34. The van der Waals surface area contributed by atoms with Crippen molar-refractivity contribution in [2.45, 2.75) is 70.6 Å². The van der Waals surface area contributed by atoms with Crippen LogP contribution in [-0.4, -0.2) is 37.8 Å². The van der Waals surface area contributed by atoms with E-state index in [1.807, 2.05) is 0 Å².